The van der Waals surface area contributed by atoms with Crippen molar-refractivity contribution in [3.05, 3.63) is 54.6 Å². The topological polar surface area (TPSA) is 12.4 Å². The van der Waals surface area contributed by atoms with Crippen molar-refractivity contribution in [2.24, 2.45) is 4.99 Å². The van der Waals surface area contributed by atoms with E-state index in [0.717, 1.165) is 5.56 Å². The van der Waals surface area contributed by atoms with Crippen LogP contribution in [-0.4, -0.2) is 11.3 Å². The molecule has 0 aromatic heterocycles. The summed E-state index contributed by atoms with van der Waals surface area (Å²) in [6.45, 7) is 0. The summed E-state index contributed by atoms with van der Waals surface area (Å²) in [6.07, 6.45) is -4.63. The van der Waals surface area contributed by atoms with Crippen molar-refractivity contribution in [2.45, 2.75) is 6.18 Å². The van der Waals surface area contributed by atoms with Gasteiger partial charge in [0.2, 0.25) is 5.17 Å². The Morgan fingerprint density at radius 2 is 1.47 bits per heavy atom. The summed E-state index contributed by atoms with van der Waals surface area (Å²) in [6, 6.07) is 15.6. The van der Waals surface area contributed by atoms with Crippen molar-refractivity contribution in [2.75, 3.05) is 0 Å². The first-order valence-electron chi connectivity index (χ1n) is 5.44. The second-order valence-electron chi connectivity index (χ2n) is 3.78. The quantitative estimate of drug-likeness (QED) is 0.673. The lowest BCUT2D eigenvalue weighted by Gasteiger charge is -2.08. The zero-order valence-electron chi connectivity index (χ0n) is 9.66. The van der Waals surface area contributed by atoms with Gasteiger partial charge in [0.25, 0.3) is 0 Å². The van der Waals surface area contributed by atoms with Crippen LogP contribution in [0.4, 0.5) is 18.9 Å². The van der Waals surface area contributed by atoms with E-state index in [1.165, 1.54) is 6.07 Å². The number of rotatable bonds is 2. The maximum absolute atomic E-state index is 12.4. The summed E-state index contributed by atoms with van der Waals surface area (Å²) in [5.41, 5.74) is 1.58. The molecule has 0 saturated heterocycles. The van der Waals surface area contributed by atoms with Gasteiger partial charge in [-0.1, -0.05) is 60.1 Å². The Bertz CT molecular complexity index is 591. The molecule has 2 rings (SSSR count). The van der Waals surface area contributed by atoms with Gasteiger partial charge < -0.3 is 0 Å². The Morgan fingerprint density at radius 3 is 2.11 bits per heavy atom. The molecule has 0 aliphatic rings. The minimum atomic E-state index is -4.63. The zero-order valence-corrected chi connectivity index (χ0v) is 10.4. The van der Waals surface area contributed by atoms with Crippen LogP contribution in [0.5, 0.6) is 0 Å². The summed E-state index contributed by atoms with van der Waals surface area (Å²) in [5, 5.41) is -1.38. The van der Waals surface area contributed by atoms with Gasteiger partial charge in [-0.2, -0.15) is 13.2 Å². The predicted molar refractivity (Wildman–Crippen MR) is 70.9 cm³/mol. The lowest BCUT2D eigenvalue weighted by Crippen LogP contribution is -2.16. The number of nitrogens with zero attached hydrogens (tertiary/aromatic N) is 1. The molecule has 0 heterocycles. The highest BCUT2D eigenvalue weighted by molar-refractivity contribution is 6.67. The third kappa shape index (κ3) is 3.35. The Labute approximate surface area is 113 Å². The second-order valence-corrected chi connectivity index (χ2v) is 4.14. The molecule has 0 aliphatic heterocycles. The van der Waals surface area contributed by atoms with Gasteiger partial charge in [0.1, 0.15) is 0 Å². The predicted octanol–water partition coefficient (Wildman–Crippen LogP) is 5.18. The van der Waals surface area contributed by atoms with Gasteiger partial charge in [-0.25, -0.2) is 4.99 Å². The van der Waals surface area contributed by atoms with Crippen LogP contribution in [0.2, 0.25) is 0 Å². The van der Waals surface area contributed by atoms with Crippen molar-refractivity contribution in [3.63, 3.8) is 0 Å². The Hall–Kier alpha value is -1.81. The monoisotopic (exact) mass is 283 g/mol. The van der Waals surface area contributed by atoms with Crippen LogP contribution in [0.3, 0.4) is 0 Å². The molecule has 19 heavy (non-hydrogen) atoms. The number of hydrogen-bond donors (Lipinski definition) is 0. The maximum atomic E-state index is 12.4. The summed E-state index contributed by atoms with van der Waals surface area (Å²) < 4.78 is 37.2. The smallest absolute Gasteiger partial charge is 0.232 e. The minimum Gasteiger partial charge on any atom is -0.232 e. The number of alkyl halides is 3. The van der Waals surface area contributed by atoms with Gasteiger partial charge in [-0.3, -0.25) is 0 Å². The van der Waals surface area contributed by atoms with Crippen LogP contribution < -0.4 is 0 Å². The van der Waals surface area contributed by atoms with Crippen LogP contribution in [-0.2, 0) is 0 Å². The number of para-hydroxylation sites is 1. The van der Waals surface area contributed by atoms with E-state index in [1.807, 2.05) is 6.07 Å². The normalized spacial score (nSPS) is 12.5. The molecule has 0 amide bonds. The molecule has 2 aromatic rings. The van der Waals surface area contributed by atoms with Crippen LogP contribution in [0.15, 0.2) is 59.6 Å². The van der Waals surface area contributed by atoms with Crippen LogP contribution in [0, 0.1) is 0 Å². The first kappa shape index (κ1) is 13.6. The van der Waals surface area contributed by atoms with Gasteiger partial charge in [0, 0.05) is 5.56 Å². The van der Waals surface area contributed by atoms with Crippen LogP contribution >= 0.6 is 11.6 Å². The van der Waals surface area contributed by atoms with E-state index in [2.05, 4.69) is 4.99 Å². The summed E-state index contributed by atoms with van der Waals surface area (Å²) in [7, 11) is 0. The van der Waals surface area contributed by atoms with Crippen LogP contribution in [0.25, 0.3) is 11.1 Å². The van der Waals surface area contributed by atoms with E-state index < -0.39 is 11.3 Å². The van der Waals surface area contributed by atoms with Crippen molar-refractivity contribution < 1.29 is 13.2 Å². The molecule has 2 aromatic carbocycles. The molecule has 0 unspecified atom stereocenters. The fourth-order valence-corrected chi connectivity index (χ4v) is 1.69. The van der Waals surface area contributed by atoms with Gasteiger partial charge >= 0.3 is 6.18 Å². The Balaban J connectivity index is 2.49. The second kappa shape index (κ2) is 5.45. The first-order valence-corrected chi connectivity index (χ1v) is 5.82. The molecule has 0 fully saturated rings. The van der Waals surface area contributed by atoms with E-state index in [-0.39, 0.29) is 5.69 Å². The Morgan fingerprint density at radius 1 is 0.895 bits per heavy atom. The fraction of sp³-hybridized carbons (Fsp3) is 0.0714. The highest BCUT2D eigenvalue weighted by atomic mass is 35.5. The van der Waals surface area contributed by atoms with E-state index in [0.29, 0.717) is 5.56 Å². The molecular formula is C14H9ClF3N. The van der Waals surface area contributed by atoms with Gasteiger partial charge in [-0.15, -0.1) is 0 Å². The molecule has 0 bridgehead atoms. The van der Waals surface area contributed by atoms with Gasteiger partial charge in [-0.05, 0) is 11.6 Å². The average molecular weight is 284 g/mol. The molecule has 0 radical (unpaired) electrons. The SMILES string of the molecule is FC(F)(F)C(Cl)=Nc1ccccc1-c1ccccc1. The largest absolute Gasteiger partial charge is 0.444 e. The van der Waals surface area contributed by atoms with E-state index in [1.54, 1.807) is 42.5 Å². The van der Waals surface area contributed by atoms with Crippen molar-refractivity contribution >= 4 is 22.5 Å². The summed E-state index contributed by atoms with van der Waals surface area (Å²) in [4.78, 5) is 3.46. The lowest BCUT2D eigenvalue weighted by atomic mass is 10.0. The number of benzene rings is 2. The standard InChI is InChI=1S/C14H9ClF3N/c15-13(14(16,17)18)19-12-9-5-4-8-11(12)10-6-2-1-3-7-10/h1-9H. The van der Waals surface area contributed by atoms with E-state index in [9.17, 15) is 13.2 Å². The molecule has 0 saturated carbocycles. The third-order valence-electron chi connectivity index (χ3n) is 2.44. The first-order chi connectivity index (χ1) is 8.98. The molecular weight excluding hydrogens is 275 g/mol. The average Bonchev–Trinajstić information content (AvgIpc) is 2.39. The number of hydrogen-bond acceptors (Lipinski definition) is 1. The number of aliphatic imine (C=N–C) groups is 1. The molecule has 5 heteroatoms. The van der Waals surface area contributed by atoms with E-state index >= 15 is 0 Å². The minimum absolute atomic E-state index is 0.191. The summed E-state index contributed by atoms with van der Waals surface area (Å²) in [5.74, 6) is 0. The molecule has 0 spiro atoms. The molecule has 0 aliphatic carbocycles. The van der Waals surface area contributed by atoms with Crippen LogP contribution in [0.1, 0.15) is 0 Å². The third-order valence-corrected chi connectivity index (χ3v) is 2.74. The molecule has 0 N–H and O–H groups in total. The van der Waals surface area contributed by atoms with E-state index in [4.69, 9.17) is 11.6 Å². The van der Waals surface area contributed by atoms with Gasteiger partial charge in [0.05, 0.1) is 5.69 Å². The number of halogens is 4. The highest BCUT2D eigenvalue weighted by Gasteiger charge is 2.34. The van der Waals surface area contributed by atoms with Crippen molar-refractivity contribution in [1.29, 1.82) is 0 Å². The molecule has 0 atom stereocenters. The fourth-order valence-electron chi connectivity index (χ4n) is 1.60. The Kier molecular flexibility index (Phi) is 3.90. The summed E-state index contributed by atoms with van der Waals surface area (Å²) >= 11 is 5.18. The van der Waals surface area contributed by atoms with Gasteiger partial charge in [0.15, 0.2) is 0 Å². The van der Waals surface area contributed by atoms with Crippen molar-refractivity contribution in [1.82, 2.24) is 0 Å². The highest BCUT2D eigenvalue weighted by Crippen LogP contribution is 2.32. The molecule has 98 valence electrons. The maximum Gasteiger partial charge on any atom is 0.444 e. The lowest BCUT2D eigenvalue weighted by molar-refractivity contribution is -0.0558. The van der Waals surface area contributed by atoms with Crippen molar-refractivity contribution in [3.8, 4) is 11.1 Å². The zero-order chi connectivity index (χ0) is 13.9. The molecule has 1 nitrogen and oxygen atoms in total.